The first-order valence-corrected chi connectivity index (χ1v) is 6.19. The molecule has 4 atom stereocenters. The molecule has 0 radical (unpaired) electrons. The molecule has 8 heteroatoms. The Labute approximate surface area is 114 Å². The van der Waals surface area contributed by atoms with Gasteiger partial charge < -0.3 is 9.84 Å². The molecule has 1 aliphatic heterocycles. The van der Waals surface area contributed by atoms with Crippen LogP contribution in [-0.2, 0) is 9.53 Å². The molecule has 2 rings (SSSR count). The second-order valence-corrected chi connectivity index (χ2v) is 5.36. The first-order chi connectivity index (χ1) is 8.70. The van der Waals surface area contributed by atoms with Gasteiger partial charge >= 0.3 is 12.1 Å². The van der Waals surface area contributed by atoms with Crippen molar-refractivity contribution in [3.63, 3.8) is 0 Å². The van der Waals surface area contributed by atoms with E-state index >= 15 is 0 Å². The van der Waals surface area contributed by atoms with Gasteiger partial charge in [-0.3, -0.25) is 4.79 Å². The second kappa shape index (κ2) is 4.90. The van der Waals surface area contributed by atoms with E-state index in [9.17, 15) is 22.4 Å². The Hall–Kier alpha value is -0.890. The van der Waals surface area contributed by atoms with Crippen LogP contribution in [0.1, 0.15) is 6.42 Å². The molecule has 4 unspecified atom stereocenters. The van der Waals surface area contributed by atoms with E-state index in [-0.39, 0.29) is 10.9 Å². The van der Waals surface area contributed by atoms with Crippen molar-refractivity contribution in [3.8, 4) is 0 Å². The minimum Gasteiger partial charge on any atom is -0.481 e. The summed E-state index contributed by atoms with van der Waals surface area (Å²) < 4.78 is 56.6. The number of hydrogen-bond acceptors (Lipinski definition) is 2. The van der Waals surface area contributed by atoms with E-state index in [1.54, 1.807) is 0 Å². The molecule has 0 aromatic carbocycles. The second-order valence-electron chi connectivity index (χ2n) is 4.44. The van der Waals surface area contributed by atoms with Gasteiger partial charge in [-0.05, 0) is 18.6 Å². The molecule has 0 aromatic rings. The van der Waals surface area contributed by atoms with E-state index in [4.69, 9.17) is 9.84 Å². The molecule has 0 bridgehead atoms. The van der Waals surface area contributed by atoms with Crippen LogP contribution < -0.4 is 0 Å². The largest absolute Gasteiger partial charge is 0.481 e. The Morgan fingerprint density at radius 1 is 1.47 bits per heavy atom. The number of allylic oxidation sites excluding steroid dienone is 2. The SMILES string of the molecule is O=C(O)C1CC2C=C(F)C=C(Br)C2OC1C(F)(F)F. The van der Waals surface area contributed by atoms with E-state index in [1.807, 2.05) is 0 Å². The molecule has 106 valence electrons. The average molecular weight is 345 g/mol. The summed E-state index contributed by atoms with van der Waals surface area (Å²) in [5.41, 5.74) is 0. The van der Waals surface area contributed by atoms with Gasteiger partial charge in [0.25, 0.3) is 0 Å². The van der Waals surface area contributed by atoms with E-state index < -0.39 is 42.0 Å². The smallest absolute Gasteiger partial charge is 0.415 e. The topological polar surface area (TPSA) is 46.5 Å². The number of rotatable bonds is 1. The lowest BCUT2D eigenvalue weighted by molar-refractivity contribution is -0.262. The van der Waals surface area contributed by atoms with Crippen LogP contribution in [-0.4, -0.2) is 29.5 Å². The van der Waals surface area contributed by atoms with Gasteiger partial charge in [0.05, 0.1) is 12.0 Å². The molecular formula is C11H9BrF4O3. The molecule has 0 amide bonds. The van der Waals surface area contributed by atoms with Crippen molar-refractivity contribution in [2.24, 2.45) is 11.8 Å². The highest BCUT2D eigenvalue weighted by Crippen LogP contribution is 2.44. The molecule has 2 aliphatic rings. The zero-order valence-corrected chi connectivity index (χ0v) is 10.9. The molecule has 0 aromatic heterocycles. The molecular weight excluding hydrogens is 336 g/mol. The maximum Gasteiger partial charge on any atom is 0.415 e. The molecule has 1 heterocycles. The normalized spacial score (nSPS) is 35.2. The van der Waals surface area contributed by atoms with Gasteiger partial charge in [-0.15, -0.1) is 0 Å². The number of aliphatic carboxylic acids is 1. The highest BCUT2D eigenvalue weighted by atomic mass is 79.9. The third-order valence-electron chi connectivity index (χ3n) is 3.13. The fourth-order valence-corrected chi connectivity index (χ4v) is 2.99. The Bertz CT molecular complexity index is 457. The third-order valence-corrected chi connectivity index (χ3v) is 3.81. The van der Waals surface area contributed by atoms with Gasteiger partial charge in [-0.2, -0.15) is 13.2 Å². The predicted molar refractivity (Wildman–Crippen MR) is 60.1 cm³/mol. The molecule has 3 nitrogen and oxygen atoms in total. The van der Waals surface area contributed by atoms with Crippen molar-refractivity contribution in [2.75, 3.05) is 0 Å². The van der Waals surface area contributed by atoms with E-state index in [0.29, 0.717) is 0 Å². The number of alkyl halides is 3. The summed E-state index contributed by atoms with van der Waals surface area (Å²) in [4.78, 5) is 10.9. The predicted octanol–water partition coefficient (Wildman–Crippen LogP) is 3.17. The summed E-state index contributed by atoms with van der Waals surface area (Å²) >= 11 is 2.96. The van der Waals surface area contributed by atoms with E-state index in [0.717, 1.165) is 12.2 Å². The summed E-state index contributed by atoms with van der Waals surface area (Å²) in [6.45, 7) is 0. The molecule has 19 heavy (non-hydrogen) atoms. The van der Waals surface area contributed by atoms with E-state index in [1.165, 1.54) is 0 Å². The lowest BCUT2D eigenvalue weighted by atomic mass is 9.81. The van der Waals surface area contributed by atoms with Crippen LogP contribution in [0.4, 0.5) is 17.6 Å². The van der Waals surface area contributed by atoms with Crippen molar-refractivity contribution in [1.82, 2.24) is 0 Å². The van der Waals surface area contributed by atoms with Crippen molar-refractivity contribution >= 4 is 21.9 Å². The number of fused-ring (bicyclic) bond motifs is 1. The lowest BCUT2D eigenvalue weighted by Crippen LogP contribution is -2.51. The molecule has 1 fully saturated rings. The van der Waals surface area contributed by atoms with Gasteiger partial charge in [0.2, 0.25) is 0 Å². The number of halogens is 5. The van der Waals surface area contributed by atoms with Crippen LogP contribution in [0.15, 0.2) is 22.5 Å². The van der Waals surface area contributed by atoms with E-state index in [2.05, 4.69) is 15.9 Å². The Morgan fingerprint density at radius 2 is 2.11 bits per heavy atom. The van der Waals surface area contributed by atoms with Crippen molar-refractivity contribution in [3.05, 3.63) is 22.5 Å². The van der Waals surface area contributed by atoms with Crippen LogP contribution in [0, 0.1) is 11.8 Å². The maximum atomic E-state index is 13.2. The summed E-state index contributed by atoms with van der Waals surface area (Å²) in [6.07, 6.45) is -6.36. The van der Waals surface area contributed by atoms with Gasteiger partial charge in [0.1, 0.15) is 5.83 Å². The highest BCUT2D eigenvalue weighted by molar-refractivity contribution is 9.11. The fourth-order valence-electron chi connectivity index (χ4n) is 2.32. The molecule has 1 saturated heterocycles. The third kappa shape index (κ3) is 2.84. The number of carboxylic acid groups (broad SMARTS) is 1. The van der Waals surface area contributed by atoms with Crippen LogP contribution in [0.5, 0.6) is 0 Å². The lowest BCUT2D eigenvalue weighted by Gasteiger charge is -2.40. The minimum absolute atomic E-state index is 0.149. The summed E-state index contributed by atoms with van der Waals surface area (Å²) in [6, 6.07) is 0. The van der Waals surface area contributed by atoms with Crippen molar-refractivity contribution in [2.45, 2.75) is 24.8 Å². The Balaban J connectivity index is 2.31. The van der Waals surface area contributed by atoms with Crippen molar-refractivity contribution < 1.29 is 32.2 Å². The van der Waals surface area contributed by atoms with Crippen molar-refractivity contribution in [1.29, 1.82) is 0 Å². The summed E-state index contributed by atoms with van der Waals surface area (Å²) in [5.74, 6) is -4.67. The molecule has 1 N–H and O–H groups in total. The fraction of sp³-hybridized carbons (Fsp3) is 0.545. The van der Waals surface area contributed by atoms with Gasteiger partial charge in [-0.25, -0.2) is 4.39 Å². The maximum absolute atomic E-state index is 13.2. The molecule has 1 aliphatic carbocycles. The monoisotopic (exact) mass is 344 g/mol. The van der Waals surface area contributed by atoms with Gasteiger partial charge in [-0.1, -0.05) is 15.9 Å². The molecule has 0 spiro atoms. The number of carbonyl (C=O) groups is 1. The minimum atomic E-state index is -4.78. The molecule has 0 saturated carbocycles. The van der Waals surface area contributed by atoms with Crippen LogP contribution in [0.25, 0.3) is 0 Å². The quantitative estimate of drug-likeness (QED) is 0.743. The highest BCUT2D eigenvalue weighted by Gasteiger charge is 2.54. The number of hydrogen-bond donors (Lipinski definition) is 1. The number of carboxylic acids is 1. The zero-order valence-electron chi connectivity index (χ0n) is 9.32. The van der Waals surface area contributed by atoms with Crippen LogP contribution >= 0.6 is 15.9 Å². The Morgan fingerprint density at radius 3 is 2.63 bits per heavy atom. The Kier molecular flexibility index (Phi) is 3.74. The van der Waals surface area contributed by atoms with Crippen LogP contribution in [0.2, 0.25) is 0 Å². The van der Waals surface area contributed by atoms with Gasteiger partial charge in [0.15, 0.2) is 6.10 Å². The summed E-state index contributed by atoms with van der Waals surface area (Å²) in [7, 11) is 0. The first kappa shape index (κ1) is 14.5. The standard InChI is InChI=1S/C11H9BrF4O3/c12-7-3-5(13)1-4-2-6(10(17)18)9(11(14,15)16)19-8(4)7/h1,3-4,6,8-9H,2H2,(H,17,18). The average Bonchev–Trinajstić information content (AvgIpc) is 2.25. The summed E-state index contributed by atoms with van der Waals surface area (Å²) in [5, 5.41) is 8.87. The van der Waals surface area contributed by atoms with Crippen LogP contribution in [0.3, 0.4) is 0 Å². The number of ether oxygens (including phenoxy) is 1. The first-order valence-electron chi connectivity index (χ1n) is 5.39. The zero-order chi connectivity index (χ0) is 14.4. The van der Waals surface area contributed by atoms with Gasteiger partial charge in [0, 0.05) is 10.4 Å².